The molecule has 0 N–H and O–H groups in total. The number of nitrogens with zero attached hydrogens (tertiary/aromatic N) is 1. The topological polar surface area (TPSA) is 55.8 Å². The smallest absolute Gasteiger partial charge is 0.326 e. The number of hydrogen-bond acceptors (Lipinski definition) is 4. The molecular weight excluding hydrogens is 326 g/mol. The number of carbonyl (C=O) groups excluding carboxylic acids is 2. The summed E-state index contributed by atoms with van der Waals surface area (Å²) in [5.74, 6) is -0.0585. The summed E-state index contributed by atoms with van der Waals surface area (Å²) in [6.45, 7) is 2.26. The molecule has 1 aliphatic rings. The fourth-order valence-corrected chi connectivity index (χ4v) is 2.20. The first-order valence-corrected chi connectivity index (χ1v) is 7.29. The molecule has 1 aromatic carbocycles. The average Bonchev–Trinajstić information content (AvgIpc) is 2.42. The van der Waals surface area contributed by atoms with Gasteiger partial charge in [0.25, 0.3) is 5.91 Å². The maximum absolute atomic E-state index is 11.9. The summed E-state index contributed by atoms with van der Waals surface area (Å²) in [6, 6.07) is 5.35. The van der Waals surface area contributed by atoms with Gasteiger partial charge in [-0.2, -0.15) is 0 Å². The van der Waals surface area contributed by atoms with Crippen molar-refractivity contribution in [2.45, 2.75) is 19.8 Å². The van der Waals surface area contributed by atoms with Gasteiger partial charge in [0.05, 0.1) is 12.3 Å². The van der Waals surface area contributed by atoms with E-state index in [4.69, 9.17) is 9.47 Å². The van der Waals surface area contributed by atoms with Gasteiger partial charge in [-0.25, -0.2) is 0 Å². The van der Waals surface area contributed by atoms with Gasteiger partial charge in [0.2, 0.25) is 0 Å². The van der Waals surface area contributed by atoms with Gasteiger partial charge in [-0.3, -0.25) is 14.5 Å². The van der Waals surface area contributed by atoms with Crippen molar-refractivity contribution in [1.29, 1.82) is 0 Å². The molecule has 0 saturated heterocycles. The summed E-state index contributed by atoms with van der Waals surface area (Å²) in [5.41, 5.74) is 0.586. The van der Waals surface area contributed by atoms with Crippen LogP contribution in [-0.4, -0.2) is 31.6 Å². The molecular formula is C14H16BrNO4. The molecule has 0 bridgehead atoms. The summed E-state index contributed by atoms with van der Waals surface area (Å²) in [4.78, 5) is 25.1. The molecule has 6 heteroatoms. The third-order valence-corrected chi connectivity index (χ3v) is 3.41. The monoisotopic (exact) mass is 341 g/mol. The van der Waals surface area contributed by atoms with Gasteiger partial charge in [-0.15, -0.1) is 0 Å². The molecule has 0 atom stereocenters. The van der Waals surface area contributed by atoms with E-state index in [1.54, 1.807) is 12.1 Å². The molecule has 5 nitrogen and oxygen atoms in total. The molecule has 0 aromatic heterocycles. The van der Waals surface area contributed by atoms with Crippen LogP contribution in [0.3, 0.4) is 0 Å². The van der Waals surface area contributed by atoms with Gasteiger partial charge in [0.1, 0.15) is 12.3 Å². The van der Waals surface area contributed by atoms with E-state index >= 15 is 0 Å². The number of halogens is 1. The number of hydrogen-bond donors (Lipinski definition) is 0. The molecule has 1 heterocycles. The Labute approximate surface area is 126 Å². The molecule has 1 aliphatic heterocycles. The van der Waals surface area contributed by atoms with E-state index in [1.165, 1.54) is 4.90 Å². The average molecular weight is 342 g/mol. The number of rotatable bonds is 5. The molecule has 1 aromatic rings. The number of fused-ring (bicyclic) bond motifs is 1. The SMILES string of the molecule is CCCCOC(=O)CN1C(=O)COc2ccc(Br)cc21. The predicted molar refractivity (Wildman–Crippen MR) is 77.9 cm³/mol. The number of unbranched alkanes of at least 4 members (excludes halogenated alkanes) is 1. The maximum atomic E-state index is 11.9. The van der Waals surface area contributed by atoms with Crippen molar-refractivity contribution in [3.63, 3.8) is 0 Å². The highest BCUT2D eigenvalue weighted by molar-refractivity contribution is 9.10. The fourth-order valence-electron chi connectivity index (χ4n) is 1.85. The van der Waals surface area contributed by atoms with Crippen molar-refractivity contribution < 1.29 is 19.1 Å². The molecule has 108 valence electrons. The number of esters is 1. The quantitative estimate of drug-likeness (QED) is 0.610. The Hall–Kier alpha value is -1.56. The zero-order chi connectivity index (χ0) is 14.5. The zero-order valence-electron chi connectivity index (χ0n) is 11.2. The van der Waals surface area contributed by atoms with Crippen LogP contribution in [0.25, 0.3) is 0 Å². The minimum atomic E-state index is -0.403. The van der Waals surface area contributed by atoms with Crippen LogP contribution < -0.4 is 9.64 Å². The Bertz CT molecular complexity index is 518. The third kappa shape index (κ3) is 3.50. The lowest BCUT2D eigenvalue weighted by molar-refractivity contribution is -0.143. The largest absolute Gasteiger partial charge is 0.482 e. The fraction of sp³-hybridized carbons (Fsp3) is 0.429. The summed E-state index contributed by atoms with van der Waals surface area (Å²) in [7, 11) is 0. The van der Waals surface area contributed by atoms with Gasteiger partial charge >= 0.3 is 5.97 Å². The van der Waals surface area contributed by atoms with E-state index in [2.05, 4.69) is 15.9 Å². The summed E-state index contributed by atoms with van der Waals surface area (Å²) in [6.07, 6.45) is 1.78. The summed E-state index contributed by atoms with van der Waals surface area (Å²) in [5, 5.41) is 0. The molecule has 0 fully saturated rings. The van der Waals surface area contributed by atoms with E-state index in [-0.39, 0.29) is 19.1 Å². The van der Waals surface area contributed by atoms with Crippen molar-refractivity contribution in [3.8, 4) is 5.75 Å². The predicted octanol–water partition coefficient (Wildman–Crippen LogP) is 2.52. The highest BCUT2D eigenvalue weighted by Crippen LogP contribution is 2.34. The Morgan fingerprint density at radius 3 is 3.05 bits per heavy atom. The Balaban J connectivity index is 2.09. The maximum Gasteiger partial charge on any atom is 0.326 e. The lowest BCUT2D eigenvalue weighted by Crippen LogP contribution is -2.42. The van der Waals surface area contributed by atoms with Crippen LogP contribution >= 0.6 is 15.9 Å². The normalized spacial score (nSPS) is 13.7. The van der Waals surface area contributed by atoms with Crippen LogP contribution in [0.4, 0.5) is 5.69 Å². The van der Waals surface area contributed by atoms with Gasteiger partial charge < -0.3 is 9.47 Å². The second kappa shape index (κ2) is 6.74. The van der Waals surface area contributed by atoms with Crippen LogP contribution in [0.15, 0.2) is 22.7 Å². The number of amides is 1. The van der Waals surface area contributed by atoms with E-state index in [9.17, 15) is 9.59 Å². The molecule has 0 saturated carbocycles. The lowest BCUT2D eigenvalue weighted by atomic mass is 10.2. The van der Waals surface area contributed by atoms with Crippen molar-refractivity contribution >= 4 is 33.5 Å². The van der Waals surface area contributed by atoms with E-state index in [0.717, 1.165) is 17.3 Å². The lowest BCUT2D eigenvalue weighted by Gasteiger charge is -2.28. The van der Waals surface area contributed by atoms with Crippen LogP contribution in [0.5, 0.6) is 5.75 Å². The van der Waals surface area contributed by atoms with Crippen molar-refractivity contribution in [2.75, 3.05) is 24.7 Å². The highest BCUT2D eigenvalue weighted by atomic mass is 79.9. The molecule has 0 unspecified atom stereocenters. The minimum absolute atomic E-state index is 0.0587. The van der Waals surface area contributed by atoms with Crippen molar-refractivity contribution in [1.82, 2.24) is 0 Å². The van der Waals surface area contributed by atoms with Crippen molar-refractivity contribution in [3.05, 3.63) is 22.7 Å². The first-order chi connectivity index (χ1) is 9.61. The highest BCUT2D eigenvalue weighted by Gasteiger charge is 2.27. The van der Waals surface area contributed by atoms with E-state index < -0.39 is 5.97 Å². The molecule has 20 heavy (non-hydrogen) atoms. The second-order valence-corrected chi connectivity index (χ2v) is 5.37. The van der Waals surface area contributed by atoms with Gasteiger partial charge in [-0.05, 0) is 24.6 Å². The minimum Gasteiger partial charge on any atom is -0.482 e. The molecule has 1 amide bonds. The number of benzene rings is 1. The Morgan fingerprint density at radius 2 is 2.30 bits per heavy atom. The molecule has 0 aliphatic carbocycles. The Morgan fingerprint density at radius 1 is 1.50 bits per heavy atom. The van der Waals surface area contributed by atoms with Crippen LogP contribution in [0.2, 0.25) is 0 Å². The number of ether oxygens (including phenoxy) is 2. The van der Waals surface area contributed by atoms with Crippen LogP contribution in [-0.2, 0) is 14.3 Å². The van der Waals surface area contributed by atoms with E-state index in [0.29, 0.717) is 18.0 Å². The van der Waals surface area contributed by atoms with Crippen LogP contribution in [0.1, 0.15) is 19.8 Å². The summed E-state index contributed by atoms with van der Waals surface area (Å²) < 4.78 is 11.2. The van der Waals surface area contributed by atoms with Crippen molar-refractivity contribution in [2.24, 2.45) is 0 Å². The standard InChI is InChI=1S/C14H16BrNO4/c1-2-3-6-19-14(18)8-16-11-7-10(15)4-5-12(11)20-9-13(16)17/h4-5,7H,2-3,6,8-9H2,1H3. The number of carbonyl (C=O) groups is 2. The first-order valence-electron chi connectivity index (χ1n) is 6.50. The summed E-state index contributed by atoms with van der Waals surface area (Å²) >= 11 is 3.35. The molecule has 0 spiro atoms. The molecule has 0 radical (unpaired) electrons. The Kier molecular flexibility index (Phi) is 5.00. The van der Waals surface area contributed by atoms with Gasteiger partial charge in [0.15, 0.2) is 6.61 Å². The van der Waals surface area contributed by atoms with Gasteiger partial charge in [-0.1, -0.05) is 29.3 Å². The van der Waals surface area contributed by atoms with Gasteiger partial charge in [0, 0.05) is 4.47 Å². The number of anilines is 1. The second-order valence-electron chi connectivity index (χ2n) is 4.45. The molecule has 2 rings (SSSR count). The third-order valence-electron chi connectivity index (χ3n) is 2.91. The zero-order valence-corrected chi connectivity index (χ0v) is 12.8. The van der Waals surface area contributed by atoms with E-state index in [1.807, 2.05) is 13.0 Å². The van der Waals surface area contributed by atoms with Crippen LogP contribution in [0, 0.1) is 0 Å². The first kappa shape index (κ1) is 14.8.